The van der Waals surface area contributed by atoms with Crippen molar-refractivity contribution in [3.63, 3.8) is 0 Å². The minimum Gasteiger partial charge on any atom is -0.495 e. The molecule has 3 aromatic rings. The molecule has 0 aliphatic carbocycles. The van der Waals surface area contributed by atoms with E-state index in [2.05, 4.69) is 4.90 Å². The number of anilines is 1. The summed E-state index contributed by atoms with van der Waals surface area (Å²) in [4.78, 5) is 16.9. The number of rotatable bonds is 11. The summed E-state index contributed by atoms with van der Waals surface area (Å²) in [6.45, 7) is 2.56. The van der Waals surface area contributed by atoms with Gasteiger partial charge in [-0.15, -0.1) is 0 Å². The number of likely N-dealkylation sites (N-methyl/N-ethyl adjacent to an activating group) is 1. The second-order valence-corrected chi connectivity index (χ2v) is 11.7. The fourth-order valence-corrected chi connectivity index (χ4v) is 5.97. The zero-order valence-corrected chi connectivity index (χ0v) is 24.3. The van der Waals surface area contributed by atoms with Crippen LogP contribution in [0.1, 0.15) is 11.1 Å². The molecule has 0 saturated carbocycles. The van der Waals surface area contributed by atoms with Crippen molar-refractivity contribution in [1.82, 2.24) is 9.21 Å². The number of sulfonamides is 1. The molecular formula is C30H37N3O6S. The van der Waals surface area contributed by atoms with Gasteiger partial charge in [0.15, 0.2) is 11.5 Å². The lowest BCUT2D eigenvalue weighted by molar-refractivity contribution is -0.130. The van der Waals surface area contributed by atoms with E-state index >= 15 is 0 Å². The molecule has 0 spiro atoms. The molecule has 1 heterocycles. The predicted octanol–water partition coefficient (Wildman–Crippen LogP) is 3.47. The van der Waals surface area contributed by atoms with E-state index in [1.165, 1.54) is 4.31 Å². The van der Waals surface area contributed by atoms with E-state index < -0.39 is 10.0 Å². The van der Waals surface area contributed by atoms with Crippen LogP contribution in [0.3, 0.4) is 0 Å². The van der Waals surface area contributed by atoms with Gasteiger partial charge >= 0.3 is 0 Å². The molecule has 0 unspecified atom stereocenters. The predicted molar refractivity (Wildman–Crippen MR) is 155 cm³/mol. The van der Waals surface area contributed by atoms with Gasteiger partial charge in [0.05, 0.1) is 38.3 Å². The van der Waals surface area contributed by atoms with Gasteiger partial charge in [-0.2, -0.15) is 0 Å². The molecule has 1 saturated heterocycles. The maximum absolute atomic E-state index is 13.5. The van der Waals surface area contributed by atoms with Gasteiger partial charge < -0.3 is 24.0 Å². The molecule has 214 valence electrons. The Bertz CT molecular complexity index is 1410. The Hall–Kier alpha value is -3.76. The van der Waals surface area contributed by atoms with Crippen LogP contribution in [0.5, 0.6) is 17.2 Å². The van der Waals surface area contributed by atoms with Crippen molar-refractivity contribution in [3.05, 3.63) is 77.9 Å². The van der Waals surface area contributed by atoms with Crippen molar-refractivity contribution in [2.24, 2.45) is 0 Å². The number of hydrogen-bond acceptors (Lipinski definition) is 7. The average molecular weight is 568 g/mol. The molecule has 3 aromatic carbocycles. The van der Waals surface area contributed by atoms with Crippen LogP contribution in [-0.4, -0.2) is 84.6 Å². The number of piperazine rings is 1. The third kappa shape index (κ3) is 6.68. The molecule has 0 N–H and O–H groups in total. The van der Waals surface area contributed by atoms with Crippen molar-refractivity contribution in [2.75, 3.05) is 66.0 Å². The van der Waals surface area contributed by atoms with E-state index in [0.717, 1.165) is 11.1 Å². The van der Waals surface area contributed by atoms with E-state index in [1.807, 2.05) is 53.4 Å². The summed E-state index contributed by atoms with van der Waals surface area (Å²) < 4.78 is 44.6. The standard InChI is InChI=1S/C30H37N3O6S/c1-31(15-14-24-10-12-28(38-3)29(20-24)39-4)40(35,36)25-11-13-27(37-2)26(22-25)32-16-18-33(19-17-32)30(34)21-23-8-6-5-7-9-23/h5-13,20,22H,14-19,21H2,1-4H3. The Kier molecular flexibility index (Phi) is 9.54. The van der Waals surface area contributed by atoms with Crippen LogP contribution < -0.4 is 19.1 Å². The van der Waals surface area contributed by atoms with Crippen molar-refractivity contribution in [3.8, 4) is 17.2 Å². The maximum atomic E-state index is 13.5. The highest BCUT2D eigenvalue weighted by Gasteiger charge is 2.27. The molecule has 40 heavy (non-hydrogen) atoms. The Morgan fingerprint density at radius 3 is 2.10 bits per heavy atom. The van der Waals surface area contributed by atoms with Crippen LogP contribution >= 0.6 is 0 Å². The first-order chi connectivity index (χ1) is 19.3. The van der Waals surface area contributed by atoms with Gasteiger partial charge in [-0.25, -0.2) is 12.7 Å². The molecule has 1 amide bonds. The molecule has 0 atom stereocenters. The first-order valence-electron chi connectivity index (χ1n) is 13.2. The van der Waals surface area contributed by atoms with Crippen molar-refractivity contribution in [1.29, 1.82) is 0 Å². The Morgan fingerprint density at radius 2 is 1.45 bits per heavy atom. The zero-order chi connectivity index (χ0) is 28.7. The third-order valence-electron chi connectivity index (χ3n) is 7.19. The monoisotopic (exact) mass is 567 g/mol. The van der Waals surface area contributed by atoms with E-state index in [9.17, 15) is 13.2 Å². The van der Waals surface area contributed by atoms with Gasteiger partial charge in [-0.3, -0.25) is 4.79 Å². The molecule has 0 bridgehead atoms. The highest BCUT2D eigenvalue weighted by atomic mass is 32.2. The minimum atomic E-state index is -3.75. The molecule has 1 aliphatic rings. The summed E-state index contributed by atoms with van der Waals surface area (Å²) in [5.74, 6) is 1.91. The van der Waals surface area contributed by atoms with Crippen molar-refractivity contribution < 1.29 is 27.4 Å². The summed E-state index contributed by atoms with van der Waals surface area (Å²) in [5, 5.41) is 0. The molecule has 1 aliphatic heterocycles. The topological polar surface area (TPSA) is 88.6 Å². The second kappa shape index (κ2) is 13.1. The van der Waals surface area contributed by atoms with Gasteiger partial charge in [0.25, 0.3) is 0 Å². The summed E-state index contributed by atoms with van der Waals surface area (Å²) in [7, 11) is 2.55. The summed E-state index contributed by atoms with van der Waals surface area (Å²) in [5.41, 5.74) is 2.63. The lowest BCUT2D eigenvalue weighted by Gasteiger charge is -2.37. The lowest BCUT2D eigenvalue weighted by Crippen LogP contribution is -2.49. The van der Waals surface area contributed by atoms with Crippen LogP contribution in [0.25, 0.3) is 0 Å². The first kappa shape index (κ1) is 29.2. The quantitative estimate of drug-likeness (QED) is 0.351. The average Bonchev–Trinajstić information content (AvgIpc) is 2.99. The Morgan fingerprint density at radius 1 is 0.800 bits per heavy atom. The second-order valence-electron chi connectivity index (χ2n) is 9.63. The molecule has 0 radical (unpaired) electrons. The molecule has 9 nitrogen and oxygen atoms in total. The van der Waals surface area contributed by atoms with Gasteiger partial charge in [0, 0.05) is 39.8 Å². The van der Waals surface area contributed by atoms with E-state index in [1.54, 1.807) is 46.6 Å². The number of ether oxygens (including phenoxy) is 3. The zero-order valence-electron chi connectivity index (χ0n) is 23.5. The van der Waals surface area contributed by atoms with E-state index in [0.29, 0.717) is 68.5 Å². The summed E-state index contributed by atoms with van der Waals surface area (Å²) >= 11 is 0. The van der Waals surface area contributed by atoms with Crippen LogP contribution in [0.4, 0.5) is 5.69 Å². The molecule has 10 heteroatoms. The highest BCUT2D eigenvalue weighted by molar-refractivity contribution is 7.89. The van der Waals surface area contributed by atoms with Crippen LogP contribution in [0.15, 0.2) is 71.6 Å². The molecule has 0 aromatic heterocycles. The first-order valence-corrected chi connectivity index (χ1v) is 14.6. The molecule has 1 fully saturated rings. The lowest BCUT2D eigenvalue weighted by atomic mass is 10.1. The Labute approximate surface area is 236 Å². The SMILES string of the molecule is COc1ccc(CCN(C)S(=O)(=O)c2ccc(OC)c(N3CCN(C(=O)Cc4ccccc4)CC3)c2)cc1OC. The summed E-state index contributed by atoms with van der Waals surface area (Å²) in [6.07, 6.45) is 0.881. The van der Waals surface area contributed by atoms with Crippen LogP contribution in [0, 0.1) is 0 Å². The van der Waals surface area contributed by atoms with Crippen LogP contribution in [0.2, 0.25) is 0 Å². The number of hydrogen-bond donors (Lipinski definition) is 0. The van der Waals surface area contributed by atoms with Gasteiger partial charge in [0.2, 0.25) is 15.9 Å². The number of methoxy groups -OCH3 is 3. The van der Waals surface area contributed by atoms with Crippen molar-refractivity contribution in [2.45, 2.75) is 17.7 Å². The smallest absolute Gasteiger partial charge is 0.242 e. The van der Waals surface area contributed by atoms with Gasteiger partial charge in [-0.1, -0.05) is 36.4 Å². The summed E-state index contributed by atoms with van der Waals surface area (Å²) in [6, 6.07) is 20.2. The minimum absolute atomic E-state index is 0.0882. The largest absolute Gasteiger partial charge is 0.495 e. The number of carbonyl (C=O) groups is 1. The van der Waals surface area contributed by atoms with Gasteiger partial charge in [0.1, 0.15) is 5.75 Å². The third-order valence-corrected chi connectivity index (χ3v) is 9.05. The number of benzene rings is 3. The highest BCUT2D eigenvalue weighted by Crippen LogP contribution is 2.33. The fraction of sp³-hybridized carbons (Fsp3) is 0.367. The number of nitrogens with zero attached hydrogens (tertiary/aromatic N) is 3. The van der Waals surface area contributed by atoms with Crippen molar-refractivity contribution >= 4 is 21.6 Å². The van der Waals surface area contributed by atoms with Gasteiger partial charge in [-0.05, 0) is 47.9 Å². The van der Waals surface area contributed by atoms with E-state index in [-0.39, 0.29) is 10.8 Å². The fourth-order valence-electron chi connectivity index (χ4n) is 4.78. The number of amides is 1. The number of carbonyl (C=O) groups excluding carboxylic acids is 1. The normalized spacial score (nSPS) is 13.8. The van der Waals surface area contributed by atoms with Crippen LogP contribution in [-0.2, 0) is 27.7 Å². The Balaban J connectivity index is 1.43. The molecule has 4 rings (SSSR count). The maximum Gasteiger partial charge on any atom is 0.242 e. The van der Waals surface area contributed by atoms with E-state index in [4.69, 9.17) is 14.2 Å². The molecular weight excluding hydrogens is 530 g/mol.